The molecule has 2 aliphatic carbocycles. The maximum absolute atomic E-state index is 2.36. The van der Waals surface area contributed by atoms with E-state index in [-0.39, 0.29) is 0 Å². The minimum atomic E-state index is 0.796. The van der Waals surface area contributed by atoms with Crippen molar-refractivity contribution in [2.75, 3.05) is 0 Å². The molecule has 0 heteroatoms. The molecule has 1 atom stereocenters. The van der Waals surface area contributed by atoms with Crippen LogP contribution in [0.1, 0.15) is 55.6 Å². The molecule has 1 fully saturated rings. The van der Waals surface area contributed by atoms with Gasteiger partial charge in [-0.25, -0.2) is 0 Å². The maximum Gasteiger partial charge on any atom is -0.0119 e. The number of benzene rings is 1. The Kier molecular flexibility index (Phi) is 2.82. The fraction of sp³-hybridized carbons (Fsp3) is 0.500. The highest BCUT2D eigenvalue weighted by Crippen LogP contribution is 2.39. The van der Waals surface area contributed by atoms with E-state index in [0.717, 1.165) is 11.8 Å². The van der Waals surface area contributed by atoms with Gasteiger partial charge < -0.3 is 0 Å². The topological polar surface area (TPSA) is 0 Å². The molecule has 3 rings (SSSR count). The molecule has 2 aliphatic rings. The zero-order chi connectivity index (χ0) is 10.8. The average Bonchev–Trinajstić information content (AvgIpc) is 2.82. The van der Waals surface area contributed by atoms with E-state index < -0.39 is 0 Å². The molecule has 0 N–H and O–H groups in total. The second-order valence-corrected chi connectivity index (χ2v) is 5.35. The average molecular weight is 212 g/mol. The second-order valence-electron chi connectivity index (χ2n) is 5.35. The molecule has 0 radical (unpaired) electrons. The summed E-state index contributed by atoms with van der Waals surface area (Å²) in [4.78, 5) is 0. The van der Waals surface area contributed by atoms with Crippen molar-refractivity contribution >= 4 is 6.08 Å². The third-order valence-electron chi connectivity index (χ3n) is 4.25. The first kappa shape index (κ1) is 10.1. The molecule has 0 amide bonds. The van der Waals surface area contributed by atoms with Gasteiger partial charge in [0.05, 0.1) is 0 Å². The molecule has 84 valence electrons. The third kappa shape index (κ3) is 1.93. The normalized spacial score (nSPS) is 24.6. The molecule has 0 aliphatic heterocycles. The molecule has 0 spiro atoms. The summed E-state index contributed by atoms with van der Waals surface area (Å²) in [5.41, 5.74) is 3.05. The van der Waals surface area contributed by atoms with Crippen molar-refractivity contribution in [1.29, 1.82) is 0 Å². The van der Waals surface area contributed by atoms with E-state index in [1.54, 1.807) is 5.56 Å². The molecule has 0 nitrogen and oxygen atoms in total. The van der Waals surface area contributed by atoms with Crippen LogP contribution in [0.2, 0.25) is 0 Å². The summed E-state index contributed by atoms with van der Waals surface area (Å²) in [5, 5.41) is 0. The molecule has 16 heavy (non-hydrogen) atoms. The van der Waals surface area contributed by atoms with Gasteiger partial charge in [-0.15, -0.1) is 0 Å². The Balaban J connectivity index is 1.78. The predicted octanol–water partition coefficient (Wildman–Crippen LogP) is 4.77. The van der Waals surface area contributed by atoms with Gasteiger partial charge in [-0.1, -0.05) is 62.1 Å². The van der Waals surface area contributed by atoms with E-state index in [1.807, 2.05) is 0 Å². The largest absolute Gasteiger partial charge is 0.0833 e. The number of hydrogen-bond acceptors (Lipinski definition) is 0. The lowest BCUT2D eigenvalue weighted by molar-refractivity contribution is 0.444. The van der Waals surface area contributed by atoms with Crippen molar-refractivity contribution in [3.05, 3.63) is 41.5 Å². The molecular formula is C16H20. The Morgan fingerprint density at radius 2 is 1.88 bits per heavy atom. The highest BCUT2D eigenvalue weighted by molar-refractivity contribution is 5.57. The van der Waals surface area contributed by atoms with E-state index in [1.165, 1.54) is 44.1 Å². The van der Waals surface area contributed by atoms with Gasteiger partial charge in [0.15, 0.2) is 0 Å². The summed E-state index contributed by atoms with van der Waals surface area (Å²) < 4.78 is 0. The fourth-order valence-electron chi connectivity index (χ4n) is 3.39. The summed E-state index contributed by atoms with van der Waals surface area (Å²) >= 11 is 0. The van der Waals surface area contributed by atoms with Crippen molar-refractivity contribution in [2.24, 2.45) is 5.92 Å². The molecule has 0 unspecified atom stereocenters. The lowest BCUT2D eigenvalue weighted by Gasteiger charge is -2.24. The highest BCUT2D eigenvalue weighted by Gasteiger charge is 2.23. The minimum absolute atomic E-state index is 0.796. The number of fused-ring (bicyclic) bond motifs is 1. The van der Waals surface area contributed by atoms with E-state index in [4.69, 9.17) is 0 Å². The summed E-state index contributed by atoms with van der Waals surface area (Å²) in [6, 6.07) is 8.94. The highest BCUT2D eigenvalue weighted by atomic mass is 14.3. The Morgan fingerprint density at radius 1 is 1.06 bits per heavy atom. The lowest BCUT2D eigenvalue weighted by Crippen LogP contribution is -2.08. The van der Waals surface area contributed by atoms with Crippen LogP contribution in [0.15, 0.2) is 30.3 Å². The van der Waals surface area contributed by atoms with Crippen molar-refractivity contribution in [3.63, 3.8) is 0 Å². The Morgan fingerprint density at radius 3 is 2.75 bits per heavy atom. The SMILES string of the molecule is C1=Cc2ccccc2[C@@H](CC2CCCC2)C1. The maximum atomic E-state index is 2.36. The van der Waals surface area contributed by atoms with Gasteiger partial charge in [-0.05, 0) is 35.8 Å². The van der Waals surface area contributed by atoms with Crippen LogP contribution in [0.25, 0.3) is 6.08 Å². The molecule has 1 aromatic carbocycles. The number of hydrogen-bond donors (Lipinski definition) is 0. The molecule has 0 aromatic heterocycles. The van der Waals surface area contributed by atoms with Crippen LogP contribution < -0.4 is 0 Å². The molecular weight excluding hydrogens is 192 g/mol. The summed E-state index contributed by atoms with van der Waals surface area (Å²) in [7, 11) is 0. The van der Waals surface area contributed by atoms with Gasteiger partial charge in [0.25, 0.3) is 0 Å². The Labute approximate surface area is 98.4 Å². The van der Waals surface area contributed by atoms with Crippen molar-refractivity contribution in [2.45, 2.75) is 44.4 Å². The zero-order valence-electron chi connectivity index (χ0n) is 9.86. The van der Waals surface area contributed by atoms with Crippen LogP contribution in [0.5, 0.6) is 0 Å². The van der Waals surface area contributed by atoms with Crippen LogP contribution in [0, 0.1) is 5.92 Å². The van der Waals surface area contributed by atoms with Crippen molar-refractivity contribution in [1.82, 2.24) is 0 Å². The Hall–Kier alpha value is -1.04. The van der Waals surface area contributed by atoms with Crippen LogP contribution in [-0.4, -0.2) is 0 Å². The van der Waals surface area contributed by atoms with Crippen LogP contribution in [-0.2, 0) is 0 Å². The van der Waals surface area contributed by atoms with E-state index >= 15 is 0 Å². The molecule has 1 aromatic rings. The zero-order valence-corrected chi connectivity index (χ0v) is 9.86. The minimum Gasteiger partial charge on any atom is -0.0833 e. The summed E-state index contributed by atoms with van der Waals surface area (Å²) in [6.07, 6.45) is 13.2. The molecule has 0 bridgehead atoms. The van der Waals surface area contributed by atoms with E-state index in [0.29, 0.717) is 0 Å². The van der Waals surface area contributed by atoms with Gasteiger partial charge in [0, 0.05) is 0 Å². The standard InChI is InChI=1S/C16H20/c1-2-7-13(6-1)12-15-10-5-9-14-8-3-4-11-16(14)15/h3-5,8-9,11,13,15H,1-2,6-7,10,12H2/t15-/m1/s1. The first-order chi connectivity index (χ1) is 7.93. The van der Waals surface area contributed by atoms with Gasteiger partial charge in [0.2, 0.25) is 0 Å². The Bertz CT molecular complexity index is 383. The number of allylic oxidation sites excluding steroid dienone is 1. The molecule has 0 saturated heterocycles. The monoisotopic (exact) mass is 212 g/mol. The first-order valence-electron chi connectivity index (χ1n) is 6.69. The smallest absolute Gasteiger partial charge is 0.0119 e. The second kappa shape index (κ2) is 4.45. The quantitative estimate of drug-likeness (QED) is 0.662. The van der Waals surface area contributed by atoms with Gasteiger partial charge in [-0.2, -0.15) is 0 Å². The first-order valence-corrected chi connectivity index (χ1v) is 6.69. The van der Waals surface area contributed by atoms with Crippen LogP contribution >= 0.6 is 0 Å². The molecule has 1 saturated carbocycles. The third-order valence-corrected chi connectivity index (χ3v) is 4.25. The molecule has 0 heterocycles. The van der Waals surface area contributed by atoms with Crippen molar-refractivity contribution < 1.29 is 0 Å². The van der Waals surface area contributed by atoms with E-state index in [9.17, 15) is 0 Å². The van der Waals surface area contributed by atoms with Crippen molar-refractivity contribution in [3.8, 4) is 0 Å². The van der Waals surface area contributed by atoms with Gasteiger partial charge in [-0.3, -0.25) is 0 Å². The predicted molar refractivity (Wildman–Crippen MR) is 69.4 cm³/mol. The van der Waals surface area contributed by atoms with Crippen LogP contribution in [0.4, 0.5) is 0 Å². The number of rotatable bonds is 2. The summed E-state index contributed by atoms with van der Waals surface area (Å²) in [6.45, 7) is 0. The lowest BCUT2D eigenvalue weighted by atomic mass is 9.81. The van der Waals surface area contributed by atoms with Crippen LogP contribution in [0.3, 0.4) is 0 Å². The summed E-state index contributed by atoms with van der Waals surface area (Å²) in [5.74, 6) is 1.80. The van der Waals surface area contributed by atoms with Gasteiger partial charge >= 0.3 is 0 Å². The van der Waals surface area contributed by atoms with E-state index in [2.05, 4.69) is 36.4 Å². The van der Waals surface area contributed by atoms with Gasteiger partial charge in [0.1, 0.15) is 0 Å². The fourth-order valence-corrected chi connectivity index (χ4v) is 3.39.